The van der Waals surface area contributed by atoms with Crippen LogP contribution in [-0.2, 0) is 19.4 Å². The predicted octanol–water partition coefficient (Wildman–Crippen LogP) is 4.95. The molecule has 0 saturated carbocycles. The molecular formula is C27H30N2O3. The highest BCUT2D eigenvalue weighted by Gasteiger charge is 2.20. The highest BCUT2D eigenvalue weighted by Crippen LogP contribution is 2.30. The van der Waals surface area contributed by atoms with Crippen molar-refractivity contribution in [1.29, 1.82) is 0 Å². The zero-order valence-electron chi connectivity index (χ0n) is 18.8. The van der Waals surface area contributed by atoms with E-state index in [-0.39, 0.29) is 5.91 Å². The summed E-state index contributed by atoms with van der Waals surface area (Å²) in [5.41, 5.74) is 5.36. The second-order valence-electron chi connectivity index (χ2n) is 8.08. The van der Waals surface area contributed by atoms with Crippen LogP contribution in [0, 0.1) is 0 Å². The van der Waals surface area contributed by atoms with Gasteiger partial charge in [-0.05, 0) is 66.8 Å². The number of rotatable bonds is 8. The van der Waals surface area contributed by atoms with Crippen LogP contribution in [0.2, 0.25) is 0 Å². The largest absolute Gasteiger partial charge is 0.493 e. The first-order valence-electron chi connectivity index (χ1n) is 11.1. The van der Waals surface area contributed by atoms with E-state index in [1.165, 1.54) is 16.7 Å². The van der Waals surface area contributed by atoms with E-state index in [1.54, 1.807) is 32.4 Å². The summed E-state index contributed by atoms with van der Waals surface area (Å²) in [5.74, 6) is 1.000. The summed E-state index contributed by atoms with van der Waals surface area (Å²) in [7, 11) is 3.15. The Morgan fingerprint density at radius 1 is 0.969 bits per heavy atom. The summed E-state index contributed by atoms with van der Waals surface area (Å²) in [5, 5.41) is 3.10. The summed E-state index contributed by atoms with van der Waals surface area (Å²) in [6.07, 6.45) is 3.18. The molecule has 5 heteroatoms. The molecule has 32 heavy (non-hydrogen) atoms. The number of carbonyl (C=O) groups excluding carboxylic acids is 1. The molecule has 0 saturated heterocycles. The Morgan fingerprint density at radius 3 is 2.56 bits per heavy atom. The van der Waals surface area contributed by atoms with E-state index >= 15 is 0 Å². The van der Waals surface area contributed by atoms with Crippen LogP contribution in [0.1, 0.15) is 33.5 Å². The second kappa shape index (κ2) is 10.3. The standard InChI is InChI=1S/C27H30N2O3/c1-31-25-14-13-21(18-26(25)32-2)27(30)28-24-12-6-11-22-19-29(17-15-23(22)24)16-7-10-20-8-4-3-5-9-20/h3-6,8-9,11-14,18H,7,10,15-17,19H2,1-2H3,(H,28,30). The molecule has 1 aliphatic heterocycles. The smallest absolute Gasteiger partial charge is 0.255 e. The van der Waals surface area contributed by atoms with Crippen molar-refractivity contribution in [3.05, 3.63) is 89.0 Å². The molecule has 0 spiro atoms. The highest BCUT2D eigenvalue weighted by molar-refractivity contribution is 6.05. The van der Waals surface area contributed by atoms with Gasteiger partial charge in [0.15, 0.2) is 11.5 Å². The van der Waals surface area contributed by atoms with Gasteiger partial charge in [-0.3, -0.25) is 9.69 Å². The first-order chi connectivity index (χ1) is 15.7. The van der Waals surface area contributed by atoms with E-state index in [0.29, 0.717) is 17.1 Å². The van der Waals surface area contributed by atoms with Gasteiger partial charge in [-0.15, -0.1) is 0 Å². The van der Waals surface area contributed by atoms with E-state index in [9.17, 15) is 4.79 Å². The number of fused-ring (bicyclic) bond motifs is 1. The van der Waals surface area contributed by atoms with Crippen molar-refractivity contribution in [2.75, 3.05) is 32.6 Å². The van der Waals surface area contributed by atoms with E-state index < -0.39 is 0 Å². The molecule has 5 nitrogen and oxygen atoms in total. The third-order valence-electron chi connectivity index (χ3n) is 6.02. The number of carbonyl (C=O) groups is 1. The maximum absolute atomic E-state index is 12.9. The molecule has 3 aromatic rings. The number of ether oxygens (including phenoxy) is 2. The van der Waals surface area contributed by atoms with Crippen LogP contribution in [0.4, 0.5) is 5.69 Å². The number of nitrogens with zero attached hydrogens (tertiary/aromatic N) is 1. The minimum atomic E-state index is -0.148. The van der Waals surface area contributed by atoms with Crippen molar-refractivity contribution in [2.45, 2.75) is 25.8 Å². The lowest BCUT2D eigenvalue weighted by Crippen LogP contribution is -2.32. The number of hydrogen-bond donors (Lipinski definition) is 1. The summed E-state index contributed by atoms with van der Waals surface area (Å²) in [6, 6.07) is 22.0. The van der Waals surface area contributed by atoms with Crippen LogP contribution in [-0.4, -0.2) is 38.1 Å². The number of hydrogen-bond acceptors (Lipinski definition) is 4. The Labute approximate surface area is 190 Å². The van der Waals surface area contributed by atoms with Gasteiger partial charge in [0, 0.05) is 24.3 Å². The topological polar surface area (TPSA) is 50.8 Å². The van der Waals surface area contributed by atoms with E-state index in [0.717, 1.165) is 44.6 Å². The summed E-state index contributed by atoms with van der Waals surface area (Å²) in [6.45, 7) is 3.01. The van der Waals surface area contributed by atoms with E-state index in [4.69, 9.17) is 9.47 Å². The summed E-state index contributed by atoms with van der Waals surface area (Å²) < 4.78 is 10.6. The lowest BCUT2D eigenvalue weighted by Gasteiger charge is -2.30. The third kappa shape index (κ3) is 5.11. The van der Waals surface area contributed by atoms with E-state index in [2.05, 4.69) is 46.6 Å². The summed E-state index contributed by atoms with van der Waals surface area (Å²) in [4.78, 5) is 15.4. The van der Waals surface area contributed by atoms with Crippen LogP contribution >= 0.6 is 0 Å². The fourth-order valence-electron chi connectivity index (χ4n) is 4.30. The van der Waals surface area contributed by atoms with Crippen molar-refractivity contribution >= 4 is 11.6 Å². The Hall–Kier alpha value is -3.31. The zero-order chi connectivity index (χ0) is 22.3. The molecule has 1 amide bonds. The molecule has 0 aliphatic carbocycles. The van der Waals surface area contributed by atoms with Gasteiger partial charge in [0.05, 0.1) is 14.2 Å². The molecule has 1 heterocycles. The average Bonchev–Trinajstić information content (AvgIpc) is 2.84. The number of amides is 1. The number of anilines is 1. The van der Waals surface area contributed by atoms with Crippen molar-refractivity contribution in [3.63, 3.8) is 0 Å². The van der Waals surface area contributed by atoms with Gasteiger partial charge in [0.25, 0.3) is 5.91 Å². The van der Waals surface area contributed by atoms with Crippen LogP contribution in [0.3, 0.4) is 0 Å². The first-order valence-corrected chi connectivity index (χ1v) is 11.1. The minimum absolute atomic E-state index is 0.148. The molecule has 0 atom stereocenters. The van der Waals surface area contributed by atoms with Gasteiger partial charge in [0.2, 0.25) is 0 Å². The first kappa shape index (κ1) is 21.9. The van der Waals surface area contributed by atoms with Crippen LogP contribution in [0.5, 0.6) is 11.5 Å². The van der Waals surface area contributed by atoms with Gasteiger partial charge >= 0.3 is 0 Å². The van der Waals surface area contributed by atoms with Gasteiger partial charge < -0.3 is 14.8 Å². The van der Waals surface area contributed by atoms with Gasteiger partial charge in [-0.2, -0.15) is 0 Å². The van der Waals surface area contributed by atoms with Gasteiger partial charge in [-0.25, -0.2) is 0 Å². The molecule has 0 fully saturated rings. The van der Waals surface area contributed by atoms with Crippen LogP contribution < -0.4 is 14.8 Å². The SMILES string of the molecule is COc1ccc(C(=O)Nc2cccc3c2CCN(CCCc2ccccc2)C3)cc1OC. The minimum Gasteiger partial charge on any atom is -0.493 e. The molecule has 166 valence electrons. The van der Waals surface area contributed by atoms with Crippen molar-refractivity contribution < 1.29 is 14.3 Å². The van der Waals surface area contributed by atoms with Crippen LogP contribution in [0.25, 0.3) is 0 Å². The number of methoxy groups -OCH3 is 2. The summed E-state index contributed by atoms with van der Waals surface area (Å²) >= 11 is 0. The fraction of sp³-hybridized carbons (Fsp3) is 0.296. The normalized spacial score (nSPS) is 13.3. The van der Waals surface area contributed by atoms with Crippen molar-refractivity contribution in [1.82, 2.24) is 4.90 Å². The maximum Gasteiger partial charge on any atom is 0.255 e. The molecule has 1 N–H and O–H groups in total. The van der Waals surface area contributed by atoms with Crippen molar-refractivity contribution in [2.24, 2.45) is 0 Å². The maximum atomic E-state index is 12.9. The quantitative estimate of drug-likeness (QED) is 0.550. The number of benzene rings is 3. The molecule has 0 unspecified atom stereocenters. The Bertz CT molecular complexity index is 1070. The Morgan fingerprint density at radius 2 is 1.78 bits per heavy atom. The number of nitrogens with one attached hydrogen (secondary N) is 1. The predicted molar refractivity (Wildman–Crippen MR) is 128 cm³/mol. The van der Waals surface area contributed by atoms with Crippen LogP contribution in [0.15, 0.2) is 66.7 Å². The number of aryl methyl sites for hydroxylation is 1. The molecule has 0 aromatic heterocycles. The molecule has 3 aromatic carbocycles. The lowest BCUT2D eigenvalue weighted by molar-refractivity contribution is 0.102. The molecular weight excluding hydrogens is 400 g/mol. The third-order valence-corrected chi connectivity index (χ3v) is 6.02. The molecule has 0 bridgehead atoms. The zero-order valence-corrected chi connectivity index (χ0v) is 18.8. The average molecular weight is 431 g/mol. The van der Waals surface area contributed by atoms with Gasteiger partial charge in [-0.1, -0.05) is 42.5 Å². The highest BCUT2D eigenvalue weighted by atomic mass is 16.5. The monoisotopic (exact) mass is 430 g/mol. The Kier molecular flexibility index (Phi) is 7.07. The molecule has 1 aliphatic rings. The second-order valence-corrected chi connectivity index (χ2v) is 8.08. The van der Waals surface area contributed by atoms with Gasteiger partial charge in [0.1, 0.15) is 0 Å². The Balaban J connectivity index is 1.39. The van der Waals surface area contributed by atoms with Crippen molar-refractivity contribution in [3.8, 4) is 11.5 Å². The lowest BCUT2D eigenvalue weighted by atomic mass is 9.97. The molecule has 4 rings (SSSR count). The fourth-order valence-corrected chi connectivity index (χ4v) is 4.30. The van der Waals surface area contributed by atoms with E-state index in [1.807, 2.05) is 12.1 Å². The molecule has 0 radical (unpaired) electrons.